The van der Waals surface area contributed by atoms with E-state index in [1.54, 1.807) is 11.3 Å². The fourth-order valence-electron chi connectivity index (χ4n) is 2.74. The topological polar surface area (TPSA) is 34.1 Å². The van der Waals surface area contributed by atoms with Crippen LogP contribution in [0.25, 0.3) is 10.2 Å². The number of aromatic nitrogens is 1. The number of hydrogen-bond donors (Lipinski definition) is 1. The zero-order chi connectivity index (χ0) is 13.2. The van der Waals surface area contributed by atoms with Gasteiger partial charge in [0.1, 0.15) is 0 Å². The lowest BCUT2D eigenvalue weighted by atomic mass is 9.95. The number of hydrogen-bond acceptors (Lipinski definition) is 4. The summed E-state index contributed by atoms with van der Waals surface area (Å²) in [6.45, 7) is 5.24. The van der Waals surface area contributed by atoms with Crippen molar-refractivity contribution in [3.8, 4) is 0 Å². The minimum absolute atomic E-state index is 0.310. The molecule has 1 aliphatic heterocycles. The third-order valence-electron chi connectivity index (χ3n) is 3.58. The van der Waals surface area contributed by atoms with Crippen LogP contribution in [-0.4, -0.2) is 23.7 Å². The SMILES string of the molecule is CC(C)OC1CCN[C@H](c2ccc3scnc3c2)C1. The maximum absolute atomic E-state index is 5.96. The van der Waals surface area contributed by atoms with Crippen LogP contribution in [0, 0.1) is 0 Å². The van der Waals surface area contributed by atoms with Gasteiger partial charge < -0.3 is 10.1 Å². The van der Waals surface area contributed by atoms with Crippen LogP contribution >= 0.6 is 11.3 Å². The van der Waals surface area contributed by atoms with Gasteiger partial charge in [0.25, 0.3) is 0 Å². The highest BCUT2D eigenvalue weighted by Gasteiger charge is 2.24. The van der Waals surface area contributed by atoms with E-state index in [2.05, 4.69) is 42.3 Å². The van der Waals surface area contributed by atoms with E-state index in [1.165, 1.54) is 10.3 Å². The second-order valence-corrected chi connectivity index (χ2v) is 6.30. The fraction of sp³-hybridized carbons (Fsp3) is 0.533. The summed E-state index contributed by atoms with van der Waals surface area (Å²) < 4.78 is 7.22. The van der Waals surface area contributed by atoms with Crippen molar-refractivity contribution in [1.29, 1.82) is 0 Å². The Labute approximate surface area is 118 Å². The van der Waals surface area contributed by atoms with Gasteiger partial charge in [-0.15, -0.1) is 11.3 Å². The van der Waals surface area contributed by atoms with Crippen molar-refractivity contribution in [3.05, 3.63) is 29.3 Å². The number of nitrogens with zero attached hydrogens (tertiary/aromatic N) is 1. The molecule has 1 aromatic heterocycles. The van der Waals surface area contributed by atoms with Crippen LogP contribution in [0.2, 0.25) is 0 Å². The maximum Gasteiger partial charge on any atom is 0.0815 e. The molecule has 1 aromatic carbocycles. The van der Waals surface area contributed by atoms with E-state index < -0.39 is 0 Å². The average molecular weight is 276 g/mol. The minimum Gasteiger partial charge on any atom is -0.375 e. The fourth-order valence-corrected chi connectivity index (χ4v) is 3.40. The third kappa shape index (κ3) is 2.96. The highest BCUT2D eigenvalue weighted by Crippen LogP contribution is 2.28. The Balaban J connectivity index is 1.76. The van der Waals surface area contributed by atoms with Crippen LogP contribution in [0.15, 0.2) is 23.7 Å². The van der Waals surface area contributed by atoms with E-state index in [9.17, 15) is 0 Å². The van der Waals surface area contributed by atoms with Crippen molar-refractivity contribution in [2.45, 2.75) is 44.9 Å². The van der Waals surface area contributed by atoms with Crippen molar-refractivity contribution < 1.29 is 4.74 Å². The molecule has 2 aromatic rings. The molecule has 1 saturated heterocycles. The lowest BCUT2D eigenvalue weighted by molar-refractivity contribution is -0.0168. The number of fused-ring (bicyclic) bond motifs is 1. The highest BCUT2D eigenvalue weighted by atomic mass is 32.1. The molecule has 0 aliphatic carbocycles. The Morgan fingerprint density at radius 2 is 2.32 bits per heavy atom. The quantitative estimate of drug-likeness (QED) is 0.931. The zero-order valence-electron chi connectivity index (χ0n) is 11.4. The molecule has 0 amide bonds. The van der Waals surface area contributed by atoms with E-state index in [0.717, 1.165) is 24.9 Å². The molecule has 19 heavy (non-hydrogen) atoms. The molecule has 1 fully saturated rings. The molecular formula is C15H20N2OS. The highest BCUT2D eigenvalue weighted by molar-refractivity contribution is 7.16. The maximum atomic E-state index is 5.96. The van der Waals surface area contributed by atoms with Gasteiger partial charge in [-0.3, -0.25) is 0 Å². The Morgan fingerprint density at radius 1 is 1.42 bits per heavy atom. The summed E-state index contributed by atoms with van der Waals surface area (Å²) in [7, 11) is 0. The van der Waals surface area contributed by atoms with Crippen molar-refractivity contribution in [2.75, 3.05) is 6.54 Å². The molecule has 2 atom stereocenters. The Morgan fingerprint density at radius 3 is 3.16 bits per heavy atom. The van der Waals surface area contributed by atoms with Gasteiger partial charge in [0.05, 0.1) is 27.9 Å². The van der Waals surface area contributed by atoms with Crippen LogP contribution in [-0.2, 0) is 4.74 Å². The van der Waals surface area contributed by atoms with Crippen LogP contribution in [0.1, 0.15) is 38.3 Å². The van der Waals surface area contributed by atoms with Crippen LogP contribution < -0.4 is 5.32 Å². The van der Waals surface area contributed by atoms with Gasteiger partial charge in [0.2, 0.25) is 0 Å². The van der Waals surface area contributed by atoms with E-state index in [4.69, 9.17) is 4.74 Å². The first kappa shape index (κ1) is 13.0. The van der Waals surface area contributed by atoms with Crippen molar-refractivity contribution in [2.24, 2.45) is 0 Å². The molecule has 1 aliphatic rings. The molecule has 1 N–H and O–H groups in total. The molecular weight excluding hydrogens is 256 g/mol. The van der Waals surface area contributed by atoms with Crippen molar-refractivity contribution >= 4 is 21.6 Å². The van der Waals surface area contributed by atoms with Crippen LogP contribution in [0.5, 0.6) is 0 Å². The first-order chi connectivity index (χ1) is 9.22. The van der Waals surface area contributed by atoms with Crippen molar-refractivity contribution in [3.63, 3.8) is 0 Å². The Bertz CT molecular complexity index is 552. The molecule has 3 nitrogen and oxygen atoms in total. The molecule has 0 bridgehead atoms. The summed E-state index contributed by atoms with van der Waals surface area (Å²) in [4.78, 5) is 4.40. The number of piperidine rings is 1. The lowest BCUT2D eigenvalue weighted by Gasteiger charge is -2.31. The second-order valence-electron chi connectivity index (χ2n) is 5.42. The summed E-state index contributed by atoms with van der Waals surface area (Å²) in [6.07, 6.45) is 2.84. The van der Waals surface area contributed by atoms with Gasteiger partial charge in [-0.05, 0) is 50.9 Å². The Hall–Kier alpha value is -0.970. The van der Waals surface area contributed by atoms with Gasteiger partial charge in [-0.25, -0.2) is 4.98 Å². The van der Waals surface area contributed by atoms with Gasteiger partial charge in [-0.2, -0.15) is 0 Å². The first-order valence-electron chi connectivity index (χ1n) is 6.94. The number of benzene rings is 1. The monoisotopic (exact) mass is 276 g/mol. The predicted octanol–water partition coefficient (Wildman–Crippen LogP) is 3.51. The first-order valence-corrected chi connectivity index (χ1v) is 7.82. The number of ether oxygens (including phenoxy) is 1. The number of rotatable bonds is 3. The summed E-state index contributed by atoms with van der Waals surface area (Å²) in [5, 5.41) is 3.59. The van der Waals surface area contributed by atoms with E-state index in [0.29, 0.717) is 18.2 Å². The van der Waals surface area contributed by atoms with Crippen LogP contribution in [0.3, 0.4) is 0 Å². The van der Waals surface area contributed by atoms with Crippen LogP contribution in [0.4, 0.5) is 0 Å². The summed E-state index contributed by atoms with van der Waals surface area (Å²) >= 11 is 1.70. The number of nitrogens with one attached hydrogen (secondary N) is 1. The average Bonchev–Trinajstić information content (AvgIpc) is 2.85. The predicted molar refractivity (Wildman–Crippen MR) is 79.6 cm³/mol. The third-order valence-corrected chi connectivity index (χ3v) is 4.39. The largest absolute Gasteiger partial charge is 0.375 e. The molecule has 0 spiro atoms. The van der Waals surface area contributed by atoms with Gasteiger partial charge in [0.15, 0.2) is 0 Å². The molecule has 102 valence electrons. The zero-order valence-corrected chi connectivity index (χ0v) is 12.2. The number of thiazole rings is 1. The summed E-state index contributed by atoms with van der Waals surface area (Å²) in [6, 6.07) is 7.00. The normalized spacial score (nSPS) is 24.2. The summed E-state index contributed by atoms with van der Waals surface area (Å²) in [5.74, 6) is 0. The van der Waals surface area contributed by atoms with Gasteiger partial charge in [0, 0.05) is 6.04 Å². The van der Waals surface area contributed by atoms with E-state index in [-0.39, 0.29) is 0 Å². The summed E-state index contributed by atoms with van der Waals surface area (Å²) in [5.41, 5.74) is 4.35. The van der Waals surface area contributed by atoms with E-state index in [1.807, 2.05) is 5.51 Å². The lowest BCUT2D eigenvalue weighted by Crippen LogP contribution is -2.36. The second kappa shape index (κ2) is 5.57. The standard InChI is InChI=1S/C15H20N2OS/c1-10(2)18-12-5-6-16-13(8-12)11-3-4-15-14(7-11)17-9-19-15/h3-4,7,9-10,12-13,16H,5-6,8H2,1-2H3/t12?,13-/m0/s1. The Kier molecular flexibility index (Phi) is 3.82. The van der Waals surface area contributed by atoms with E-state index >= 15 is 0 Å². The molecule has 0 radical (unpaired) electrons. The molecule has 0 saturated carbocycles. The molecule has 4 heteroatoms. The van der Waals surface area contributed by atoms with Gasteiger partial charge >= 0.3 is 0 Å². The molecule has 1 unspecified atom stereocenters. The smallest absolute Gasteiger partial charge is 0.0815 e. The molecule has 2 heterocycles. The molecule has 3 rings (SSSR count). The van der Waals surface area contributed by atoms with Crippen molar-refractivity contribution in [1.82, 2.24) is 10.3 Å². The minimum atomic E-state index is 0.310. The van der Waals surface area contributed by atoms with Gasteiger partial charge in [-0.1, -0.05) is 6.07 Å².